The van der Waals surface area contributed by atoms with E-state index in [1.807, 2.05) is 13.0 Å². The van der Waals surface area contributed by atoms with Gasteiger partial charge in [0, 0.05) is 6.07 Å². The number of pyridine rings is 1. The van der Waals surface area contributed by atoms with Crippen LogP contribution in [0.4, 0.5) is 26.1 Å². The number of benzene rings is 1. The number of nitrogens with zero attached hydrogens (tertiary/aromatic N) is 1. The number of rotatable bonds is 3. The highest BCUT2D eigenvalue weighted by atomic mass is 19.1. The summed E-state index contributed by atoms with van der Waals surface area (Å²) < 4.78 is 31.8. The van der Waals surface area contributed by atoms with Crippen molar-refractivity contribution in [3.63, 3.8) is 0 Å². The normalized spacial score (nSPS) is 10.3. The van der Waals surface area contributed by atoms with Gasteiger partial charge in [-0.15, -0.1) is 0 Å². The topological polar surface area (TPSA) is 60.2 Å². The van der Waals surface area contributed by atoms with E-state index in [0.29, 0.717) is 17.5 Å². The molecule has 100 valence electrons. The van der Waals surface area contributed by atoms with E-state index in [4.69, 9.17) is 10.5 Å². The molecule has 19 heavy (non-hydrogen) atoms. The highest BCUT2D eigenvalue weighted by Crippen LogP contribution is 2.29. The number of nitrogens with two attached hydrogens (primary N) is 1. The van der Waals surface area contributed by atoms with Gasteiger partial charge in [-0.2, -0.15) is 0 Å². The number of halogens is 2. The fourth-order valence-electron chi connectivity index (χ4n) is 1.62. The summed E-state index contributed by atoms with van der Waals surface area (Å²) >= 11 is 0. The van der Waals surface area contributed by atoms with Crippen molar-refractivity contribution in [1.82, 2.24) is 4.98 Å². The number of methoxy groups -OCH3 is 1. The molecule has 0 saturated heterocycles. The van der Waals surface area contributed by atoms with E-state index in [9.17, 15) is 8.78 Å². The van der Waals surface area contributed by atoms with Crippen molar-refractivity contribution in [2.24, 2.45) is 0 Å². The van der Waals surface area contributed by atoms with Crippen LogP contribution in [0, 0.1) is 18.6 Å². The minimum absolute atomic E-state index is 0.150. The zero-order valence-electron chi connectivity index (χ0n) is 10.5. The predicted molar refractivity (Wildman–Crippen MR) is 69.6 cm³/mol. The van der Waals surface area contributed by atoms with Gasteiger partial charge in [0.1, 0.15) is 5.75 Å². The van der Waals surface area contributed by atoms with E-state index in [1.165, 1.54) is 7.11 Å². The van der Waals surface area contributed by atoms with E-state index < -0.39 is 11.6 Å². The Balaban J connectivity index is 2.41. The molecular weight excluding hydrogens is 252 g/mol. The monoisotopic (exact) mass is 265 g/mol. The Labute approximate surface area is 109 Å². The molecule has 1 heterocycles. The lowest BCUT2D eigenvalue weighted by atomic mass is 10.2. The molecule has 0 amide bonds. The summed E-state index contributed by atoms with van der Waals surface area (Å²) in [5.41, 5.74) is 6.80. The minimum atomic E-state index is -0.890. The van der Waals surface area contributed by atoms with E-state index in [-0.39, 0.29) is 11.6 Å². The Bertz CT molecular complexity index is 617. The average molecular weight is 265 g/mol. The number of aryl methyl sites for hydroxylation is 1. The van der Waals surface area contributed by atoms with Crippen molar-refractivity contribution in [1.29, 1.82) is 0 Å². The summed E-state index contributed by atoms with van der Waals surface area (Å²) in [4.78, 5) is 3.63. The molecule has 3 N–H and O–H groups in total. The molecule has 1 aromatic carbocycles. The number of nitrogens with one attached hydrogen (secondary N) is 1. The van der Waals surface area contributed by atoms with Crippen molar-refractivity contribution < 1.29 is 13.5 Å². The number of nitrogen functional groups attached to an aromatic ring is 1. The Kier molecular flexibility index (Phi) is 3.50. The van der Waals surface area contributed by atoms with Crippen molar-refractivity contribution in [3.8, 4) is 5.75 Å². The third kappa shape index (κ3) is 2.73. The number of hydrogen-bond donors (Lipinski definition) is 2. The molecule has 0 radical (unpaired) electrons. The third-order valence-electron chi connectivity index (χ3n) is 2.56. The second-order valence-electron chi connectivity index (χ2n) is 4.01. The maximum atomic E-state index is 13.6. The quantitative estimate of drug-likeness (QED) is 0.895. The first-order chi connectivity index (χ1) is 9.01. The molecule has 0 saturated carbocycles. The summed E-state index contributed by atoms with van der Waals surface area (Å²) in [5, 5.41) is 2.74. The maximum absolute atomic E-state index is 13.6. The first kappa shape index (κ1) is 13.1. The zero-order chi connectivity index (χ0) is 14.0. The first-order valence-electron chi connectivity index (χ1n) is 5.54. The second-order valence-corrected chi connectivity index (χ2v) is 4.01. The molecule has 0 spiro atoms. The Morgan fingerprint density at radius 1 is 1.21 bits per heavy atom. The third-order valence-corrected chi connectivity index (χ3v) is 2.56. The van der Waals surface area contributed by atoms with Gasteiger partial charge in [-0.25, -0.2) is 13.8 Å². The highest BCUT2D eigenvalue weighted by Gasteiger charge is 2.12. The van der Waals surface area contributed by atoms with Crippen LogP contribution in [-0.4, -0.2) is 12.1 Å². The largest absolute Gasteiger partial charge is 0.495 e. The molecule has 0 aliphatic heterocycles. The molecule has 0 bridgehead atoms. The minimum Gasteiger partial charge on any atom is -0.495 e. The summed E-state index contributed by atoms with van der Waals surface area (Å²) in [5.74, 6) is -1.71. The van der Waals surface area contributed by atoms with Gasteiger partial charge in [0.2, 0.25) is 0 Å². The lowest BCUT2D eigenvalue weighted by molar-refractivity contribution is 0.416. The van der Waals surface area contributed by atoms with Crippen molar-refractivity contribution in [2.75, 3.05) is 18.2 Å². The average Bonchev–Trinajstić information content (AvgIpc) is 2.36. The molecule has 6 heteroatoms. The smallest absolute Gasteiger partial charge is 0.169 e. The van der Waals surface area contributed by atoms with E-state index in [2.05, 4.69) is 10.3 Å². The van der Waals surface area contributed by atoms with E-state index >= 15 is 0 Å². The molecular formula is C13H13F2N3O. The van der Waals surface area contributed by atoms with Gasteiger partial charge in [0.15, 0.2) is 23.3 Å². The van der Waals surface area contributed by atoms with Gasteiger partial charge < -0.3 is 15.8 Å². The standard InChI is InChI=1S/C13H13F2N3O/c1-7-3-4-11(19-2)10(5-7)17-13-9(15)6-8(14)12(16)18-13/h3-6H,1-2H3,(H3,16,17,18). The van der Waals surface area contributed by atoms with Gasteiger partial charge in [0.25, 0.3) is 0 Å². The first-order valence-corrected chi connectivity index (χ1v) is 5.54. The Hall–Kier alpha value is -2.37. The van der Waals surface area contributed by atoms with Crippen LogP contribution in [0.3, 0.4) is 0 Å². The number of ether oxygens (including phenoxy) is 1. The summed E-state index contributed by atoms with van der Waals surface area (Å²) in [7, 11) is 1.50. The van der Waals surface area contributed by atoms with Gasteiger partial charge in [0.05, 0.1) is 12.8 Å². The molecule has 2 aromatic rings. The van der Waals surface area contributed by atoms with E-state index in [0.717, 1.165) is 5.56 Å². The molecule has 0 unspecified atom stereocenters. The van der Waals surface area contributed by atoms with Crippen LogP contribution in [0.15, 0.2) is 24.3 Å². The lowest BCUT2D eigenvalue weighted by Crippen LogP contribution is -2.04. The molecule has 0 aliphatic rings. The van der Waals surface area contributed by atoms with Crippen molar-refractivity contribution >= 4 is 17.3 Å². The molecule has 0 fully saturated rings. The van der Waals surface area contributed by atoms with Gasteiger partial charge in [-0.1, -0.05) is 6.07 Å². The SMILES string of the molecule is COc1ccc(C)cc1Nc1nc(N)c(F)cc1F. The van der Waals surface area contributed by atoms with Crippen LogP contribution in [0.5, 0.6) is 5.75 Å². The van der Waals surface area contributed by atoms with E-state index in [1.54, 1.807) is 12.1 Å². The number of aromatic nitrogens is 1. The fraction of sp³-hybridized carbons (Fsp3) is 0.154. The van der Waals surface area contributed by atoms with Gasteiger partial charge >= 0.3 is 0 Å². The number of anilines is 3. The van der Waals surface area contributed by atoms with Crippen LogP contribution >= 0.6 is 0 Å². The highest BCUT2D eigenvalue weighted by molar-refractivity contribution is 5.66. The summed E-state index contributed by atoms with van der Waals surface area (Å²) in [6.07, 6.45) is 0. The summed E-state index contributed by atoms with van der Waals surface area (Å²) in [6.45, 7) is 1.88. The van der Waals surface area contributed by atoms with Crippen LogP contribution in [0.1, 0.15) is 5.56 Å². The molecule has 0 aliphatic carbocycles. The fourth-order valence-corrected chi connectivity index (χ4v) is 1.62. The van der Waals surface area contributed by atoms with Crippen LogP contribution in [0.2, 0.25) is 0 Å². The van der Waals surface area contributed by atoms with Crippen molar-refractivity contribution in [2.45, 2.75) is 6.92 Å². The molecule has 1 aromatic heterocycles. The predicted octanol–water partition coefficient (Wildman–Crippen LogP) is 3.00. The van der Waals surface area contributed by atoms with Crippen LogP contribution in [0.25, 0.3) is 0 Å². The van der Waals surface area contributed by atoms with Crippen LogP contribution < -0.4 is 15.8 Å². The van der Waals surface area contributed by atoms with Gasteiger partial charge in [-0.05, 0) is 24.6 Å². The lowest BCUT2D eigenvalue weighted by Gasteiger charge is -2.12. The second kappa shape index (κ2) is 5.09. The zero-order valence-corrected chi connectivity index (χ0v) is 10.5. The van der Waals surface area contributed by atoms with Gasteiger partial charge in [-0.3, -0.25) is 0 Å². The Morgan fingerprint density at radius 3 is 2.63 bits per heavy atom. The van der Waals surface area contributed by atoms with Crippen molar-refractivity contribution in [3.05, 3.63) is 41.5 Å². The maximum Gasteiger partial charge on any atom is 0.169 e. The van der Waals surface area contributed by atoms with Crippen LogP contribution in [-0.2, 0) is 0 Å². The summed E-state index contributed by atoms with van der Waals surface area (Å²) in [6, 6.07) is 6.04. The molecule has 0 atom stereocenters. The molecule has 4 nitrogen and oxygen atoms in total. The molecule has 2 rings (SSSR count). The Morgan fingerprint density at radius 2 is 1.95 bits per heavy atom. The number of hydrogen-bond acceptors (Lipinski definition) is 4.